The molecule has 1 saturated carbocycles. The first-order chi connectivity index (χ1) is 6.27. The lowest BCUT2D eigenvalue weighted by Gasteiger charge is -2.14. The average Bonchev–Trinajstić information content (AvgIpc) is 2.51. The van der Waals surface area contributed by atoms with Crippen molar-refractivity contribution < 1.29 is 5.11 Å². The molecule has 1 fully saturated rings. The van der Waals surface area contributed by atoms with E-state index in [-0.39, 0.29) is 6.10 Å². The summed E-state index contributed by atoms with van der Waals surface area (Å²) in [5.74, 6) is 0.304. The van der Waals surface area contributed by atoms with Gasteiger partial charge >= 0.3 is 0 Å². The van der Waals surface area contributed by atoms with Gasteiger partial charge in [0, 0.05) is 10.9 Å². The monoisotopic (exact) mass is 196 g/mol. The van der Waals surface area contributed by atoms with Crippen LogP contribution in [0.25, 0.3) is 0 Å². The highest BCUT2D eigenvalue weighted by Crippen LogP contribution is 2.35. The second kappa shape index (κ2) is 3.69. The van der Waals surface area contributed by atoms with Crippen molar-refractivity contribution in [3.8, 4) is 0 Å². The molecule has 0 heterocycles. The van der Waals surface area contributed by atoms with E-state index in [2.05, 4.69) is 0 Å². The Morgan fingerprint density at radius 1 is 1.31 bits per heavy atom. The van der Waals surface area contributed by atoms with Gasteiger partial charge in [0.25, 0.3) is 0 Å². The van der Waals surface area contributed by atoms with Gasteiger partial charge in [-0.25, -0.2) is 0 Å². The lowest BCUT2D eigenvalue weighted by Crippen LogP contribution is -2.10. The molecular formula is C11H13ClO. The van der Waals surface area contributed by atoms with Crippen LogP contribution in [0.4, 0.5) is 0 Å². The highest BCUT2D eigenvalue weighted by Gasteiger charge is 2.26. The smallest absolute Gasteiger partial charge is 0.0608 e. The minimum absolute atomic E-state index is 0.168. The lowest BCUT2D eigenvalue weighted by atomic mass is 9.96. The molecule has 0 unspecified atom stereocenters. The van der Waals surface area contributed by atoms with Crippen LogP contribution in [0.3, 0.4) is 0 Å². The van der Waals surface area contributed by atoms with Crippen LogP contribution >= 0.6 is 11.6 Å². The highest BCUT2D eigenvalue weighted by atomic mass is 35.5. The van der Waals surface area contributed by atoms with E-state index >= 15 is 0 Å². The van der Waals surface area contributed by atoms with Gasteiger partial charge in [0.05, 0.1) is 6.10 Å². The van der Waals surface area contributed by atoms with E-state index in [1.807, 2.05) is 24.3 Å². The Morgan fingerprint density at radius 2 is 2.15 bits per heavy atom. The Bertz CT molecular complexity index is 298. The molecule has 2 atom stereocenters. The van der Waals surface area contributed by atoms with Crippen molar-refractivity contribution in [2.45, 2.75) is 31.3 Å². The molecule has 0 aromatic heterocycles. The fraction of sp³-hybridized carbons (Fsp3) is 0.455. The third-order valence-corrected chi connectivity index (χ3v) is 2.99. The lowest BCUT2D eigenvalue weighted by molar-refractivity contribution is 0.164. The van der Waals surface area contributed by atoms with Crippen molar-refractivity contribution in [1.29, 1.82) is 0 Å². The number of hydrogen-bond donors (Lipinski definition) is 1. The van der Waals surface area contributed by atoms with Crippen molar-refractivity contribution in [3.05, 3.63) is 34.9 Å². The molecule has 0 aliphatic heterocycles. The van der Waals surface area contributed by atoms with Crippen LogP contribution in [0, 0.1) is 0 Å². The molecule has 1 nitrogen and oxygen atoms in total. The third-order valence-electron chi connectivity index (χ3n) is 2.76. The zero-order valence-electron chi connectivity index (χ0n) is 7.41. The van der Waals surface area contributed by atoms with Gasteiger partial charge in [-0.05, 0) is 30.5 Å². The van der Waals surface area contributed by atoms with Gasteiger partial charge in [0.15, 0.2) is 0 Å². The minimum Gasteiger partial charge on any atom is -0.392 e. The molecule has 0 radical (unpaired) electrons. The summed E-state index contributed by atoms with van der Waals surface area (Å²) in [7, 11) is 0. The molecular weight excluding hydrogens is 184 g/mol. The second-order valence-electron chi connectivity index (χ2n) is 3.66. The van der Waals surface area contributed by atoms with E-state index in [1.54, 1.807) is 0 Å². The van der Waals surface area contributed by atoms with Crippen LogP contribution in [0.15, 0.2) is 24.3 Å². The fourth-order valence-corrected chi connectivity index (χ4v) is 2.27. The van der Waals surface area contributed by atoms with Crippen LogP contribution in [0.1, 0.15) is 30.7 Å². The molecule has 0 bridgehead atoms. The first-order valence-electron chi connectivity index (χ1n) is 4.71. The minimum atomic E-state index is -0.168. The van der Waals surface area contributed by atoms with Crippen LogP contribution in [0.5, 0.6) is 0 Å². The predicted molar refractivity (Wildman–Crippen MR) is 54.1 cm³/mol. The molecule has 0 amide bonds. The van der Waals surface area contributed by atoms with E-state index in [0.717, 1.165) is 24.3 Å². The molecule has 2 rings (SSSR count). The standard InChI is InChI=1S/C11H13ClO/c12-9-4-1-3-8(7-9)10-5-2-6-11(10)13/h1,3-4,7,10-11,13H,2,5-6H2/t10-,11+/m1/s1. The molecule has 1 aliphatic rings. The maximum atomic E-state index is 9.69. The van der Waals surface area contributed by atoms with Crippen LogP contribution < -0.4 is 0 Å². The summed E-state index contributed by atoms with van der Waals surface area (Å²) in [5.41, 5.74) is 1.18. The Balaban J connectivity index is 2.24. The highest BCUT2D eigenvalue weighted by molar-refractivity contribution is 6.30. The van der Waals surface area contributed by atoms with E-state index in [4.69, 9.17) is 11.6 Å². The molecule has 13 heavy (non-hydrogen) atoms. The maximum absolute atomic E-state index is 9.69. The molecule has 0 spiro atoms. The Hall–Kier alpha value is -0.530. The van der Waals surface area contributed by atoms with Crippen molar-refractivity contribution >= 4 is 11.6 Å². The molecule has 2 heteroatoms. The summed E-state index contributed by atoms with van der Waals surface area (Å²) in [6.07, 6.45) is 2.97. The van der Waals surface area contributed by atoms with Crippen LogP contribution in [0.2, 0.25) is 5.02 Å². The average molecular weight is 197 g/mol. The van der Waals surface area contributed by atoms with Crippen LogP contribution in [-0.2, 0) is 0 Å². The molecule has 1 aromatic carbocycles. The van der Waals surface area contributed by atoms with Gasteiger partial charge < -0.3 is 5.11 Å². The van der Waals surface area contributed by atoms with Gasteiger partial charge in [-0.1, -0.05) is 30.2 Å². The van der Waals surface area contributed by atoms with Crippen molar-refractivity contribution in [2.24, 2.45) is 0 Å². The number of aliphatic hydroxyl groups excluding tert-OH is 1. The summed E-state index contributed by atoms with van der Waals surface area (Å²) in [5, 5.41) is 10.5. The molecule has 70 valence electrons. The quantitative estimate of drug-likeness (QED) is 0.732. The van der Waals surface area contributed by atoms with Gasteiger partial charge in [-0.15, -0.1) is 0 Å². The summed E-state index contributed by atoms with van der Waals surface area (Å²) >= 11 is 5.89. The SMILES string of the molecule is O[C@H]1CCC[C@@H]1c1cccc(Cl)c1. The summed E-state index contributed by atoms with van der Waals surface area (Å²) < 4.78 is 0. The maximum Gasteiger partial charge on any atom is 0.0608 e. The molecule has 1 N–H and O–H groups in total. The van der Waals surface area contributed by atoms with Gasteiger partial charge in [-0.3, -0.25) is 0 Å². The second-order valence-corrected chi connectivity index (χ2v) is 4.10. The fourth-order valence-electron chi connectivity index (χ4n) is 2.07. The first kappa shape index (κ1) is 9.04. The summed E-state index contributed by atoms with van der Waals surface area (Å²) in [6, 6.07) is 7.82. The number of aliphatic hydroxyl groups is 1. The van der Waals surface area contributed by atoms with Gasteiger partial charge in [0.2, 0.25) is 0 Å². The van der Waals surface area contributed by atoms with Gasteiger partial charge in [-0.2, -0.15) is 0 Å². The van der Waals surface area contributed by atoms with E-state index < -0.39 is 0 Å². The van der Waals surface area contributed by atoms with E-state index in [0.29, 0.717) is 5.92 Å². The van der Waals surface area contributed by atoms with Gasteiger partial charge in [0.1, 0.15) is 0 Å². The first-order valence-corrected chi connectivity index (χ1v) is 5.09. The van der Waals surface area contributed by atoms with Crippen LogP contribution in [-0.4, -0.2) is 11.2 Å². The van der Waals surface area contributed by atoms with Crippen molar-refractivity contribution in [1.82, 2.24) is 0 Å². The summed E-state index contributed by atoms with van der Waals surface area (Å²) in [6.45, 7) is 0. The molecule has 1 aliphatic carbocycles. The normalized spacial score (nSPS) is 27.8. The molecule has 0 saturated heterocycles. The van der Waals surface area contributed by atoms with E-state index in [9.17, 15) is 5.11 Å². The third kappa shape index (κ3) is 1.87. The zero-order chi connectivity index (χ0) is 9.26. The van der Waals surface area contributed by atoms with Crippen molar-refractivity contribution in [3.63, 3.8) is 0 Å². The van der Waals surface area contributed by atoms with Crippen molar-refractivity contribution in [2.75, 3.05) is 0 Å². The summed E-state index contributed by atoms with van der Waals surface area (Å²) in [4.78, 5) is 0. The number of hydrogen-bond acceptors (Lipinski definition) is 1. The Labute approximate surface area is 83.3 Å². The number of benzene rings is 1. The van der Waals surface area contributed by atoms with E-state index in [1.165, 1.54) is 5.56 Å². The largest absolute Gasteiger partial charge is 0.392 e. The zero-order valence-corrected chi connectivity index (χ0v) is 8.17. The topological polar surface area (TPSA) is 20.2 Å². The number of rotatable bonds is 1. The number of halogens is 1. The predicted octanol–water partition coefficient (Wildman–Crippen LogP) is 2.97. The Kier molecular flexibility index (Phi) is 2.56. The molecule has 1 aromatic rings. The Morgan fingerprint density at radius 3 is 2.77 bits per heavy atom.